The van der Waals surface area contributed by atoms with Crippen LogP contribution in [-0.2, 0) is 26.2 Å². The Bertz CT molecular complexity index is 1160. The number of amidine groups is 1. The molecule has 0 fully saturated rings. The predicted octanol–water partition coefficient (Wildman–Crippen LogP) is 2.76. The molecule has 0 saturated carbocycles. The van der Waals surface area contributed by atoms with E-state index in [1.54, 1.807) is 18.2 Å². The molecule has 1 heterocycles. The number of amides is 1. The van der Waals surface area contributed by atoms with Crippen LogP contribution in [0.4, 0.5) is 0 Å². The first-order chi connectivity index (χ1) is 15.6. The largest absolute Gasteiger partial charge is 0.374 e. The fourth-order valence-electron chi connectivity index (χ4n) is 3.41. The fourth-order valence-corrected chi connectivity index (χ4v) is 4.65. The molecule has 174 valence electrons. The summed E-state index contributed by atoms with van der Waals surface area (Å²) in [5.74, 6) is -0.334. The van der Waals surface area contributed by atoms with Gasteiger partial charge in [-0.15, -0.1) is 0 Å². The smallest absolute Gasteiger partial charge is 0.263 e. The van der Waals surface area contributed by atoms with Crippen molar-refractivity contribution in [3.05, 3.63) is 65.7 Å². The minimum atomic E-state index is -3.72. The summed E-state index contributed by atoms with van der Waals surface area (Å²) < 4.78 is 32.9. The summed E-state index contributed by atoms with van der Waals surface area (Å²) in [7, 11) is -3.72. The number of carbonyl (C=O) groups excluding carboxylic acids is 1. The molecule has 0 bridgehead atoms. The van der Waals surface area contributed by atoms with Crippen LogP contribution in [0.3, 0.4) is 0 Å². The van der Waals surface area contributed by atoms with Crippen LogP contribution in [0.2, 0.25) is 0 Å². The normalized spacial score (nSPS) is 17.5. The van der Waals surface area contributed by atoms with E-state index in [1.165, 1.54) is 6.07 Å². The van der Waals surface area contributed by atoms with Crippen LogP contribution >= 0.6 is 0 Å². The molecule has 1 aliphatic rings. The molecule has 2 atom stereocenters. The van der Waals surface area contributed by atoms with E-state index in [0.717, 1.165) is 5.56 Å². The van der Waals surface area contributed by atoms with Crippen LogP contribution in [-0.4, -0.2) is 38.9 Å². The first kappa shape index (κ1) is 24.4. The van der Waals surface area contributed by atoms with Crippen LogP contribution in [0.25, 0.3) is 0 Å². The van der Waals surface area contributed by atoms with Gasteiger partial charge in [0.2, 0.25) is 5.91 Å². The number of sulfonamides is 1. The number of nitrogens with zero attached hydrogens (tertiary/aromatic N) is 2. The number of rotatable bonds is 8. The molecule has 0 aliphatic carbocycles. The van der Waals surface area contributed by atoms with Gasteiger partial charge in [0, 0.05) is 5.56 Å². The zero-order chi connectivity index (χ0) is 24.1. The van der Waals surface area contributed by atoms with Crippen molar-refractivity contribution in [3.63, 3.8) is 0 Å². The minimum Gasteiger partial charge on any atom is -0.374 e. The Hall–Kier alpha value is -3.22. The second kappa shape index (κ2) is 10.1. The van der Waals surface area contributed by atoms with Crippen LogP contribution < -0.4 is 10.0 Å². The lowest BCUT2D eigenvalue weighted by molar-refractivity contribution is -0.123. The van der Waals surface area contributed by atoms with Crippen molar-refractivity contribution in [1.82, 2.24) is 10.0 Å². The van der Waals surface area contributed by atoms with Crippen LogP contribution in [0, 0.1) is 16.7 Å². The summed E-state index contributed by atoms with van der Waals surface area (Å²) in [5, 5.41) is 12.2. The SMILES string of the molecule is CC(C)(C)CC(N=C1NS(=O)(=O)c2ccccc21)C(=O)N[C@H](C#N)COCc1ccccc1. The second-order valence-corrected chi connectivity index (χ2v) is 10.7. The third kappa shape index (κ3) is 6.63. The summed E-state index contributed by atoms with van der Waals surface area (Å²) >= 11 is 0. The first-order valence-electron chi connectivity index (χ1n) is 10.6. The molecule has 0 radical (unpaired) electrons. The minimum absolute atomic E-state index is 0.0193. The summed E-state index contributed by atoms with van der Waals surface area (Å²) in [5.41, 5.74) is 1.12. The zero-order valence-electron chi connectivity index (χ0n) is 18.9. The lowest BCUT2D eigenvalue weighted by atomic mass is 9.88. The van der Waals surface area contributed by atoms with Gasteiger partial charge in [-0.05, 0) is 29.5 Å². The molecule has 33 heavy (non-hydrogen) atoms. The first-order valence-corrected chi connectivity index (χ1v) is 12.1. The molecule has 1 amide bonds. The van der Waals surface area contributed by atoms with Gasteiger partial charge < -0.3 is 10.1 Å². The third-order valence-electron chi connectivity index (χ3n) is 4.92. The van der Waals surface area contributed by atoms with Crippen LogP contribution in [0.15, 0.2) is 64.5 Å². The van der Waals surface area contributed by atoms with Gasteiger partial charge in [0.1, 0.15) is 17.9 Å². The summed E-state index contributed by atoms with van der Waals surface area (Å²) in [6, 6.07) is 16.3. The molecule has 2 N–H and O–H groups in total. The van der Waals surface area contributed by atoms with Crippen molar-refractivity contribution in [2.24, 2.45) is 10.4 Å². The molecular formula is C24H28N4O4S. The van der Waals surface area contributed by atoms with Gasteiger partial charge in [-0.3, -0.25) is 14.5 Å². The molecule has 0 spiro atoms. The predicted molar refractivity (Wildman–Crippen MR) is 125 cm³/mol. The van der Waals surface area contributed by atoms with Gasteiger partial charge in [0.15, 0.2) is 0 Å². The summed E-state index contributed by atoms with van der Waals surface area (Å²) in [4.78, 5) is 17.7. The van der Waals surface area contributed by atoms with Crippen LogP contribution in [0.5, 0.6) is 0 Å². The quantitative estimate of drug-likeness (QED) is 0.617. The number of hydrogen-bond donors (Lipinski definition) is 2. The van der Waals surface area contributed by atoms with Gasteiger partial charge in [-0.1, -0.05) is 63.2 Å². The molecule has 2 aromatic carbocycles. The molecule has 2 aromatic rings. The van der Waals surface area contributed by atoms with Gasteiger partial charge in [0.25, 0.3) is 10.0 Å². The maximum atomic E-state index is 13.1. The van der Waals surface area contributed by atoms with Crippen molar-refractivity contribution in [1.29, 1.82) is 5.26 Å². The van der Waals surface area contributed by atoms with E-state index in [-0.39, 0.29) is 22.8 Å². The highest BCUT2D eigenvalue weighted by molar-refractivity contribution is 7.90. The highest BCUT2D eigenvalue weighted by Gasteiger charge is 2.33. The monoisotopic (exact) mass is 468 g/mol. The molecule has 1 unspecified atom stereocenters. The van der Waals surface area contributed by atoms with Crippen LogP contribution in [0.1, 0.15) is 38.3 Å². The molecule has 0 aromatic heterocycles. The van der Waals surface area contributed by atoms with E-state index in [2.05, 4.69) is 15.0 Å². The van der Waals surface area contributed by atoms with E-state index in [1.807, 2.05) is 57.2 Å². The van der Waals surface area contributed by atoms with E-state index >= 15 is 0 Å². The Labute approximate surface area is 194 Å². The van der Waals surface area contributed by atoms with Crippen molar-refractivity contribution < 1.29 is 17.9 Å². The average molecular weight is 469 g/mol. The van der Waals surface area contributed by atoms with Gasteiger partial charge >= 0.3 is 0 Å². The number of fused-ring (bicyclic) bond motifs is 1. The van der Waals surface area contributed by atoms with Crippen molar-refractivity contribution in [2.75, 3.05) is 6.61 Å². The van der Waals surface area contributed by atoms with Gasteiger partial charge in [-0.25, -0.2) is 8.42 Å². The Morgan fingerprint density at radius 3 is 2.48 bits per heavy atom. The standard InChI is InChI=1S/C24H28N4O4S/c1-24(2,3)13-20(27-22-19-11-7-8-12-21(19)33(30,31)28-22)23(29)26-18(14-25)16-32-15-17-9-5-4-6-10-17/h4-12,18,20H,13,15-16H2,1-3H3,(H,26,29)(H,27,28)/t18-,20?/m1/s1. The van der Waals surface area contributed by atoms with Crippen molar-refractivity contribution in [2.45, 2.75) is 50.8 Å². The number of aliphatic imine (C=N–C) groups is 1. The maximum absolute atomic E-state index is 13.1. The Morgan fingerprint density at radius 1 is 1.15 bits per heavy atom. The number of benzene rings is 2. The summed E-state index contributed by atoms with van der Waals surface area (Å²) in [6.07, 6.45) is 0.356. The Morgan fingerprint density at radius 2 is 1.82 bits per heavy atom. The molecule has 3 rings (SSSR count). The highest BCUT2D eigenvalue weighted by atomic mass is 32.2. The average Bonchev–Trinajstić information content (AvgIpc) is 3.02. The molecule has 0 saturated heterocycles. The Kier molecular flexibility index (Phi) is 7.51. The van der Waals surface area contributed by atoms with Gasteiger partial charge in [0.05, 0.1) is 24.2 Å². The molecule has 1 aliphatic heterocycles. The lowest BCUT2D eigenvalue weighted by Crippen LogP contribution is -2.44. The lowest BCUT2D eigenvalue weighted by Gasteiger charge is -2.24. The van der Waals surface area contributed by atoms with E-state index in [9.17, 15) is 18.5 Å². The maximum Gasteiger partial charge on any atom is 0.263 e. The number of nitrogens with one attached hydrogen (secondary N) is 2. The number of carbonyl (C=O) groups is 1. The highest BCUT2D eigenvalue weighted by Crippen LogP contribution is 2.26. The zero-order valence-corrected chi connectivity index (χ0v) is 19.7. The number of nitriles is 1. The summed E-state index contributed by atoms with van der Waals surface area (Å²) in [6.45, 7) is 6.23. The van der Waals surface area contributed by atoms with E-state index in [4.69, 9.17) is 4.74 Å². The number of ether oxygens (including phenoxy) is 1. The Balaban J connectivity index is 1.74. The van der Waals surface area contributed by atoms with Gasteiger partial charge in [-0.2, -0.15) is 5.26 Å². The van der Waals surface area contributed by atoms with E-state index in [0.29, 0.717) is 18.6 Å². The third-order valence-corrected chi connectivity index (χ3v) is 6.32. The molecular weight excluding hydrogens is 440 g/mol. The van der Waals surface area contributed by atoms with Crippen molar-refractivity contribution in [3.8, 4) is 6.07 Å². The van der Waals surface area contributed by atoms with Crippen molar-refractivity contribution >= 4 is 21.8 Å². The molecule has 9 heteroatoms. The topological polar surface area (TPSA) is 121 Å². The number of hydrogen-bond acceptors (Lipinski definition) is 6. The fraction of sp³-hybridized carbons (Fsp3) is 0.375. The van der Waals surface area contributed by atoms with E-state index < -0.39 is 28.0 Å². The molecule has 8 nitrogen and oxygen atoms in total. The second-order valence-electron chi connectivity index (χ2n) is 9.05.